The zero-order valence-electron chi connectivity index (χ0n) is 26.8. The third kappa shape index (κ3) is 12.7. The summed E-state index contributed by atoms with van der Waals surface area (Å²) in [7, 11) is 0. The summed E-state index contributed by atoms with van der Waals surface area (Å²) in [5.41, 5.74) is 3.55. The van der Waals surface area contributed by atoms with Crippen LogP contribution in [0.4, 0.5) is 8.78 Å². The quantitative estimate of drug-likeness (QED) is 0.178. The number of nitrogens with zero attached hydrogens (tertiary/aromatic N) is 2. The van der Waals surface area contributed by atoms with E-state index in [0.717, 1.165) is 36.5 Å². The second-order valence-corrected chi connectivity index (χ2v) is 11.5. The highest BCUT2D eigenvalue weighted by Crippen LogP contribution is 2.13. The van der Waals surface area contributed by atoms with Gasteiger partial charge in [0.05, 0.1) is 25.2 Å². The minimum atomic E-state index is -1.05. The van der Waals surface area contributed by atoms with Crippen LogP contribution >= 0.6 is 0 Å². The normalized spacial score (nSPS) is 12.6. The summed E-state index contributed by atoms with van der Waals surface area (Å²) in [4.78, 5) is 30.4. The van der Waals surface area contributed by atoms with Gasteiger partial charge in [0.1, 0.15) is 11.6 Å². The van der Waals surface area contributed by atoms with E-state index in [9.17, 15) is 23.5 Å². The number of hydrogen-bond acceptors (Lipinski definition) is 5. The number of aryl methyl sites for hydroxylation is 1. The Morgan fingerprint density at radius 2 is 1.44 bits per heavy atom. The summed E-state index contributed by atoms with van der Waals surface area (Å²) in [5, 5.41) is 17.3. The van der Waals surface area contributed by atoms with Crippen molar-refractivity contribution >= 4 is 11.8 Å². The summed E-state index contributed by atoms with van der Waals surface area (Å²) < 4.78 is 28.0. The lowest BCUT2D eigenvalue weighted by Gasteiger charge is -2.29. The van der Waals surface area contributed by atoms with Crippen LogP contribution in [0.1, 0.15) is 55.9 Å². The fraction of sp³-hybridized carbons (Fsp3) is 0.444. The van der Waals surface area contributed by atoms with Crippen molar-refractivity contribution in [1.82, 2.24) is 20.4 Å². The molecule has 7 nitrogen and oxygen atoms in total. The monoisotopic (exact) mass is 622 g/mol. The smallest absolute Gasteiger partial charge is 0.236 e. The summed E-state index contributed by atoms with van der Waals surface area (Å²) >= 11 is 0. The Balaban J connectivity index is 1.74. The highest BCUT2D eigenvalue weighted by molar-refractivity contribution is 5.81. The van der Waals surface area contributed by atoms with E-state index in [1.807, 2.05) is 61.2 Å². The average Bonchev–Trinajstić information content (AvgIpc) is 3.00. The van der Waals surface area contributed by atoms with E-state index >= 15 is 0 Å². The third-order valence-corrected chi connectivity index (χ3v) is 7.59. The lowest BCUT2D eigenvalue weighted by Crippen LogP contribution is -2.52. The molecule has 0 unspecified atom stereocenters. The lowest BCUT2D eigenvalue weighted by molar-refractivity contribution is -0.133. The molecule has 0 radical (unpaired) electrons. The predicted octanol–water partition coefficient (Wildman–Crippen LogP) is 4.86. The van der Waals surface area contributed by atoms with E-state index in [2.05, 4.69) is 29.7 Å². The van der Waals surface area contributed by atoms with Gasteiger partial charge < -0.3 is 20.6 Å². The zero-order chi connectivity index (χ0) is 32.6. The standard InChI is InChI=1S/C36H48F2N4O3/c1-4-15-42(16-5-2)36(45)26-41(24-28-11-8-7-9-12-28)25-35(44)40-33(20-30-18-31(37)21-32(38)19-30)34(43)23-39-22-29-14-10-13-27(6-3)17-29/h7-14,17-19,21,33-34,39,43H,4-6,15-16,20,22-26H2,1-3H3,(H,40,44)/t33-,34+/m1/s1. The van der Waals surface area contributed by atoms with Crippen molar-refractivity contribution in [3.8, 4) is 0 Å². The summed E-state index contributed by atoms with van der Waals surface area (Å²) in [6.07, 6.45) is 1.56. The molecule has 2 atom stereocenters. The highest BCUT2D eigenvalue weighted by Gasteiger charge is 2.25. The zero-order valence-corrected chi connectivity index (χ0v) is 26.8. The van der Waals surface area contributed by atoms with Gasteiger partial charge in [-0.25, -0.2) is 8.78 Å². The molecule has 0 aliphatic rings. The number of benzene rings is 3. The average molecular weight is 623 g/mol. The van der Waals surface area contributed by atoms with Gasteiger partial charge in [0.15, 0.2) is 0 Å². The molecule has 0 aliphatic heterocycles. The van der Waals surface area contributed by atoms with Crippen LogP contribution in [0.15, 0.2) is 72.8 Å². The summed E-state index contributed by atoms with van der Waals surface area (Å²) in [6.45, 7) is 8.44. The fourth-order valence-corrected chi connectivity index (χ4v) is 5.39. The predicted molar refractivity (Wildman–Crippen MR) is 174 cm³/mol. The van der Waals surface area contributed by atoms with E-state index < -0.39 is 29.7 Å². The Hall–Kier alpha value is -3.66. The van der Waals surface area contributed by atoms with Gasteiger partial charge in [-0.15, -0.1) is 0 Å². The number of carbonyl (C=O) groups excluding carboxylic acids is 2. The first kappa shape index (κ1) is 35.8. The SMILES string of the molecule is CCCN(CCC)C(=O)CN(CC(=O)N[C@H](Cc1cc(F)cc(F)c1)[C@@H](O)CNCc1cccc(CC)c1)Cc1ccccc1. The molecule has 3 aromatic rings. The van der Waals surface area contributed by atoms with Crippen LogP contribution in [-0.4, -0.2) is 71.6 Å². The molecule has 0 heterocycles. The van der Waals surface area contributed by atoms with E-state index in [4.69, 9.17) is 0 Å². The van der Waals surface area contributed by atoms with Crippen molar-refractivity contribution in [2.24, 2.45) is 0 Å². The molecule has 3 N–H and O–H groups in total. The molecule has 0 saturated carbocycles. The van der Waals surface area contributed by atoms with Crippen LogP contribution in [0, 0.1) is 11.6 Å². The van der Waals surface area contributed by atoms with E-state index in [1.54, 1.807) is 4.90 Å². The van der Waals surface area contributed by atoms with Crippen LogP contribution in [0.2, 0.25) is 0 Å². The Morgan fingerprint density at radius 3 is 2.09 bits per heavy atom. The highest BCUT2D eigenvalue weighted by atomic mass is 19.1. The molecule has 0 bridgehead atoms. The first-order valence-corrected chi connectivity index (χ1v) is 16.0. The molecule has 0 saturated heterocycles. The van der Waals surface area contributed by atoms with Gasteiger partial charge >= 0.3 is 0 Å². The number of aliphatic hydroxyl groups excluding tert-OH is 1. The van der Waals surface area contributed by atoms with Crippen molar-refractivity contribution < 1.29 is 23.5 Å². The second-order valence-electron chi connectivity index (χ2n) is 11.5. The number of rotatable bonds is 19. The molecule has 0 spiro atoms. The first-order valence-electron chi connectivity index (χ1n) is 16.0. The minimum Gasteiger partial charge on any atom is -0.390 e. The molecule has 0 aliphatic carbocycles. The molecule has 45 heavy (non-hydrogen) atoms. The number of hydrogen-bond donors (Lipinski definition) is 3. The number of carbonyl (C=O) groups is 2. The number of amides is 2. The topological polar surface area (TPSA) is 84.9 Å². The van der Waals surface area contributed by atoms with Crippen molar-refractivity contribution in [3.05, 3.63) is 107 Å². The van der Waals surface area contributed by atoms with Crippen LogP contribution in [-0.2, 0) is 35.5 Å². The van der Waals surface area contributed by atoms with Crippen molar-refractivity contribution in [1.29, 1.82) is 0 Å². The van der Waals surface area contributed by atoms with Crippen LogP contribution in [0.3, 0.4) is 0 Å². The Bertz CT molecular complexity index is 1310. The molecule has 3 aromatic carbocycles. The summed E-state index contributed by atoms with van der Waals surface area (Å²) in [5.74, 6) is -1.90. The number of halogens is 2. The van der Waals surface area contributed by atoms with Gasteiger partial charge in [-0.3, -0.25) is 14.5 Å². The molecular formula is C36H48F2N4O3. The maximum Gasteiger partial charge on any atom is 0.236 e. The number of nitrogens with one attached hydrogen (secondary N) is 2. The molecule has 0 fully saturated rings. The van der Waals surface area contributed by atoms with Crippen molar-refractivity contribution in [2.45, 2.75) is 71.7 Å². The fourth-order valence-electron chi connectivity index (χ4n) is 5.39. The van der Waals surface area contributed by atoms with Gasteiger partial charge in [0.25, 0.3) is 0 Å². The molecule has 0 aromatic heterocycles. The van der Waals surface area contributed by atoms with Crippen molar-refractivity contribution in [3.63, 3.8) is 0 Å². The van der Waals surface area contributed by atoms with Gasteiger partial charge in [-0.1, -0.05) is 75.4 Å². The van der Waals surface area contributed by atoms with Gasteiger partial charge in [0, 0.05) is 38.8 Å². The van der Waals surface area contributed by atoms with Gasteiger partial charge in [0.2, 0.25) is 11.8 Å². The van der Waals surface area contributed by atoms with Gasteiger partial charge in [-0.05, 0) is 60.1 Å². The Kier molecular flexibility index (Phi) is 15.1. The van der Waals surface area contributed by atoms with Crippen LogP contribution in [0.25, 0.3) is 0 Å². The first-order chi connectivity index (χ1) is 21.7. The van der Waals surface area contributed by atoms with Gasteiger partial charge in [-0.2, -0.15) is 0 Å². The molecule has 244 valence electrons. The van der Waals surface area contributed by atoms with E-state index in [-0.39, 0.29) is 32.0 Å². The summed E-state index contributed by atoms with van der Waals surface area (Å²) in [6, 6.07) is 20.1. The Morgan fingerprint density at radius 1 is 0.800 bits per heavy atom. The molecule has 2 amide bonds. The molecular weight excluding hydrogens is 574 g/mol. The molecule has 9 heteroatoms. The number of aliphatic hydroxyl groups is 1. The van der Waals surface area contributed by atoms with Crippen LogP contribution in [0.5, 0.6) is 0 Å². The minimum absolute atomic E-state index is 0.0208. The van der Waals surface area contributed by atoms with Crippen molar-refractivity contribution in [2.75, 3.05) is 32.7 Å². The maximum absolute atomic E-state index is 14.0. The van der Waals surface area contributed by atoms with E-state index in [1.165, 1.54) is 17.7 Å². The lowest BCUT2D eigenvalue weighted by atomic mass is 10.0. The molecule has 3 rings (SSSR count). The maximum atomic E-state index is 14.0. The Labute approximate surface area is 266 Å². The van der Waals surface area contributed by atoms with Crippen LogP contribution < -0.4 is 10.6 Å². The third-order valence-electron chi connectivity index (χ3n) is 7.59. The van der Waals surface area contributed by atoms with E-state index in [0.29, 0.717) is 31.7 Å². The second kappa shape index (κ2) is 19.0. The largest absolute Gasteiger partial charge is 0.390 e.